The zero-order valence-corrected chi connectivity index (χ0v) is 12.8. The number of aryl methyl sites for hydroxylation is 2. The number of fused-ring (bicyclic) bond motifs is 1. The Morgan fingerprint density at radius 3 is 2.68 bits per heavy atom. The summed E-state index contributed by atoms with van der Waals surface area (Å²) in [5, 5.41) is 4.33. The first-order valence-electron chi connectivity index (χ1n) is 7.37. The van der Waals surface area contributed by atoms with Crippen molar-refractivity contribution in [1.29, 1.82) is 0 Å². The summed E-state index contributed by atoms with van der Waals surface area (Å²) in [6.45, 7) is 5.30. The monoisotopic (exact) mass is 293 g/mol. The summed E-state index contributed by atoms with van der Waals surface area (Å²) in [6, 6.07) is 11.9. The third-order valence-corrected chi connectivity index (χ3v) is 3.88. The lowest BCUT2D eigenvalue weighted by Crippen LogP contribution is -2.21. The molecular formula is C18H19N3O. The molecule has 0 saturated carbocycles. The highest BCUT2D eigenvalue weighted by Gasteiger charge is 2.05. The van der Waals surface area contributed by atoms with Crippen LogP contribution < -0.4 is 10.9 Å². The summed E-state index contributed by atoms with van der Waals surface area (Å²) in [6.07, 6.45) is 1.77. The second kappa shape index (κ2) is 6.12. The standard InChI is InChI=1S/C18H19N3O/c1-12-7-14-9-15(18(22)21-17(14)8-13(12)2)10-19-11-16-5-3-4-6-20-16/h3-9,19H,10-11H2,1-2H3,(H,21,22). The van der Waals surface area contributed by atoms with Crippen LogP contribution in [0.2, 0.25) is 0 Å². The molecule has 0 saturated heterocycles. The van der Waals surface area contributed by atoms with Crippen molar-refractivity contribution in [3.05, 3.63) is 75.3 Å². The van der Waals surface area contributed by atoms with Gasteiger partial charge in [-0.3, -0.25) is 9.78 Å². The molecule has 0 spiro atoms. The number of nitrogens with zero attached hydrogens (tertiary/aromatic N) is 1. The van der Waals surface area contributed by atoms with Gasteiger partial charge in [-0.15, -0.1) is 0 Å². The van der Waals surface area contributed by atoms with E-state index in [9.17, 15) is 4.79 Å². The van der Waals surface area contributed by atoms with Crippen LogP contribution in [0.5, 0.6) is 0 Å². The summed E-state index contributed by atoms with van der Waals surface area (Å²) in [7, 11) is 0. The van der Waals surface area contributed by atoms with Gasteiger partial charge < -0.3 is 10.3 Å². The third-order valence-electron chi connectivity index (χ3n) is 3.88. The number of pyridine rings is 2. The summed E-state index contributed by atoms with van der Waals surface area (Å²) >= 11 is 0. The number of nitrogens with one attached hydrogen (secondary N) is 2. The predicted octanol–water partition coefficient (Wildman–Crippen LogP) is 2.83. The van der Waals surface area contributed by atoms with Crippen LogP contribution in [0.25, 0.3) is 10.9 Å². The van der Waals surface area contributed by atoms with Crippen molar-refractivity contribution < 1.29 is 0 Å². The molecule has 2 aromatic heterocycles. The van der Waals surface area contributed by atoms with E-state index >= 15 is 0 Å². The first kappa shape index (κ1) is 14.5. The molecule has 0 amide bonds. The highest BCUT2D eigenvalue weighted by atomic mass is 16.1. The van der Waals surface area contributed by atoms with E-state index in [-0.39, 0.29) is 5.56 Å². The first-order chi connectivity index (χ1) is 10.6. The minimum Gasteiger partial charge on any atom is -0.322 e. The number of rotatable bonds is 4. The number of hydrogen-bond acceptors (Lipinski definition) is 3. The van der Waals surface area contributed by atoms with Gasteiger partial charge in [0.15, 0.2) is 0 Å². The van der Waals surface area contributed by atoms with E-state index in [4.69, 9.17) is 0 Å². The van der Waals surface area contributed by atoms with Crippen LogP contribution in [0.3, 0.4) is 0 Å². The van der Waals surface area contributed by atoms with Gasteiger partial charge >= 0.3 is 0 Å². The fourth-order valence-electron chi connectivity index (χ4n) is 2.48. The molecule has 2 heterocycles. The van der Waals surface area contributed by atoms with Gasteiger partial charge in [-0.1, -0.05) is 6.07 Å². The van der Waals surface area contributed by atoms with Crippen molar-refractivity contribution >= 4 is 10.9 Å². The van der Waals surface area contributed by atoms with E-state index in [1.165, 1.54) is 11.1 Å². The molecule has 0 unspecified atom stereocenters. The fraction of sp³-hybridized carbons (Fsp3) is 0.222. The lowest BCUT2D eigenvalue weighted by atomic mass is 10.0. The van der Waals surface area contributed by atoms with E-state index in [1.807, 2.05) is 30.3 Å². The van der Waals surface area contributed by atoms with Crippen molar-refractivity contribution in [2.24, 2.45) is 0 Å². The van der Waals surface area contributed by atoms with Crippen molar-refractivity contribution in [2.45, 2.75) is 26.9 Å². The molecule has 112 valence electrons. The quantitative estimate of drug-likeness (QED) is 0.777. The molecule has 3 aromatic rings. The molecule has 1 aromatic carbocycles. The highest BCUT2D eigenvalue weighted by molar-refractivity contribution is 5.80. The van der Waals surface area contributed by atoms with Gasteiger partial charge in [0.1, 0.15) is 0 Å². The molecule has 4 nitrogen and oxygen atoms in total. The van der Waals surface area contributed by atoms with E-state index in [2.05, 4.69) is 35.2 Å². The summed E-state index contributed by atoms with van der Waals surface area (Å²) in [5.74, 6) is 0. The zero-order valence-electron chi connectivity index (χ0n) is 12.8. The van der Waals surface area contributed by atoms with Crippen LogP contribution in [-0.2, 0) is 13.1 Å². The molecule has 4 heteroatoms. The molecule has 0 aliphatic rings. The lowest BCUT2D eigenvalue weighted by Gasteiger charge is -2.07. The predicted molar refractivity (Wildman–Crippen MR) is 88.8 cm³/mol. The average molecular weight is 293 g/mol. The summed E-state index contributed by atoms with van der Waals surface area (Å²) in [4.78, 5) is 19.4. The van der Waals surface area contributed by atoms with Gasteiger partial charge in [0.2, 0.25) is 0 Å². The lowest BCUT2D eigenvalue weighted by molar-refractivity contribution is 0.675. The maximum Gasteiger partial charge on any atom is 0.252 e. The Balaban J connectivity index is 1.80. The maximum atomic E-state index is 12.2. The van der Waals surface area contributed by atoms with Gasteiger partial charge in [0, 0.05) is 30.4 Å². The Morgan fingerprint density at radius 1 is 1.09 bits per heavy atom. The summed E-state index contributed by atoms with van der Waals surface area (Å²) in [5.41, 5.74) is 4.97. The third kappa shape index (κ3) is 3.07. The second-order valence-corrected chi connectivity index (χ2v) is 5.57. The number of aromatic nitrogens is 2. The Bertz CT molecular complexity index is 853. The molecule has 2 N–H and O–H groups in total. The van der Waals surface area contributed by atoms with Gasteiger partial charge in [0.25, 0.3) is 5.56 Å². The molecule has 0 bridgehead atoms. The van der Waals surface area contributed by atoms with Crippen LogP contribution in [0.1, 0.15) is 22.4 Å². The zero-order chi connectivity index (χ0) is 15.5. The number of H-pyrrole nitrogens is 1. The smallest absolute Gasteiger partial charge is 0.252 e. The normalized spacial score (nSPS) is 11.0. The Morgan fingerprint density at radius 2 is 1.91 bits per heavy atom. The molecule has 22 heavy (non-hydrogen) atoms. The maximum absolute atomic E-state index is 12.2. The fourth-order valence-corrected chi connectivity index (χ4v) is 2.48. The van der Waals surface area contributed by atoms with Crippen LogP contribution in [0.15, 0.2) is 47.4 Å². The van der Waals surface area contributed by atoms with Gasteiger partial charge in [-0.05, 0) is 60.7 Å². The highest BCUT2D eigenvalue weighted by Crippen LogP contribution is 2.17. The topological polar surface area (TPSA) is 57.8 Å². The number of aromatic amines is 1. The molecule has 0 atom stereocenters. The van der Waals surface area contributed by atoms with Crippen LogP contribution >= 0.6 is 0 Å². The van der Waals surface area contributed by atoms with Gasteiger partial charge in [0.05, 0.1) is 5.69 Å². The SMILES string of the molecule is Cc1cc2cc(CNCc3ccccn3)c(=O)[nH]c2cc1C. The summed E-state index contributed by atoms with van der Waals surface area (Å²) < 4.78 is 0. The van der Waals surface area contributed by atoms with Crippen molar-refractivity contribution in [2.75, 3.05) is 0 Å². The van der Waals surface area contributed by atoms with Crippen molar-refractivity contribution in [3.8, 4) is 0 Å². The molecule has 3 rings (SSSR count). The average Bonchev–Trinajstić information content (AvgIpc) is 2.51. The molecule has 0 fully saturated rings. The van der Waals surface area contributed by atoms with E-state index < -0.39 is 0 Å². The number of hydrogen-bond donors (Lipinski definition) is 2. The molecule has 0 radical (unpaired) electrons. The molecule has 0 aliphatic heterocycles. The Hall–Kier alpha value is -2.46. The van der Waals surface area contributed by atoms with E-state index in [0.717, 1.165) is 22.2 Å². The number of benzene rings is 1. The van der Waals surface area contributed by atoms with Crippen LogP contribution in [-0.4, -0.2) is 9.97 Å². The van der Waals surface area contributed by atoms with Gasteiger partial charge in [-0.2, -0.15) is 0 Å². The van der Waals surface area contributed by atoms with Gasteiger partial charge in [-0.25, -0.2) is 0 Å². The van der Waals surface area contributed by atoms with Crippen molar-refractivity contribution in [1.82, 2.24) is 15.3 Å². The van der Waals surface area contributed by atoms with E-state index in [0.29, 0.717) is 13.1 Å². The largest absolute Gasteiger partial charge is 0.322 e. The van der Waals surface area contributed by atoms with Crippen molar-refractivity contribution in [3.63, 3.8) is 0 Å². The Kier molecular flexibility index (Phi) is 4.02. The minimum absolute atomic E-state index is 0.0377. The second-order valence-electron chi connectivity index (χ2n) is 5.57. The van der Waals surface area contributed by atoms with Crippen LogP contribution in [0.4, 0.5) is 0 Å². The van der Waals surface area contributed by atoms with E-state index in [1.54, 1.807) is 6.20 Å². The molecule has 0 aliphatic carbocycles. The molecular weight excluding hydrogens is 274 g/mol. The first-order valence-corrected chi connectivity index (χ1v) is 7.37. The minimum atomic E-state index is -0.0377. The Labute approximate surface area is 129 Å². The van der Waals surface area contributed by atoms with Crippen LogP contribution in [0, 0.1) is 13.8 Å².